The first-order chi connectivity index (χ1) is 5.97. The molecule has 0 bridgehead atoms. The molecule has 0 aromatic rings. The summed E-state index contributed by atoms with van der Waals surface area (Å²) in [4.78, 5) is 13.4. The second kappa shape index (κ2) is 3.21. The first-order valence-corrected chi connectivity index (χ1v) is 3.50. The fourth-order valence-corrected chi connectivity index (χ4v) is 0.893. The zero-order valence-corrected chi connectivity index (χ0v) is 6.38. The molecule has 0 aromatic heterocycles. The van der Waals surface area contributed by atoms with Crippen molar-refractivity contribution in [3.05, 3.63) is 0 Å². The normalized spacial score (nSPS) is 21.3. The number of nitrogens with zero attached hydrogens (tertiary/aromatic N) is 4. The van der Waals surface area contributed by atoms with Crippen molar-refractivity contribution >= 4 is 18.8 Å². The van der Waals surface area contributed by atoms with Crippen LogP contribution in [0.1, 0.15) is 0 Å². The number of rotatable bonds is 0. The Morgan fingerprint density at radius 2 is 2.42 bits per heavy atom. The summed E-state index contributed by atoms with van der Waals surface area (Å²) in [6.07, 6.45) is 2.89. The fourth-order valence-electron chi connectivity index (χ4n) is 0.893. The summed E-state index contributed by atoms with van der Waals surface area (Å²) in [5.41, 5.74) is 0. The standard InChI is InChI=1S/C6H8N4O2/c1-7-4-12-6(9-1)10-2-8-3-11-5-10/h1,3H,2,4-5H2. The van der Waals surface area contributed by atoms with E-state index in [1.165, 1.54) is 12.7 Å². The van der Waals surface area contributed by atoms with Gasteiger partial charge in [-0.05, 0) is 0 Å². The third-order valence-corrected chi connectivity index (χ3v) is 1.42. The highest BCUT2D eigenvalue weighted by Gasteiger charge is 2.15. The van der Waals surface area contributed by atoms with Crippen molar-refractivity contribution < 1.29 is 9.47 Å². The first-order valence-electron chi connectivity index (χ1n) is 3.50. The summed E-state index contributed by atoms with van der Waals surface area (Å²) < 4.78 is 10.1. The van der Waals surface area contributed by atoms with Gasteiger partial charge < -0.3 is 9.47 Å². The summed E-state index contributed by atoms with van der Waals surface area (Å²) in [5.74, 6) is 0. The van der Waals surface area contributed by atoms with Crippen molar-refractivity contribution in [3.8, 4) is 0 Å². The molecule has 0 spiro atoms. The van der Waals surface area contributed by atoms with Crippen LogP contribution in [0.3, 0.4) is 0 Å². The Bertz CT molecular complexity index is 248. The maximum Gasteiger partial charge on any atom is 0.299 e. The summed E-state index contributed by atoms with van der Waals surface area (Å²) in [6.45, 7) is 1.27. The molecule has 2 heterocycles. The van der Waals surface area contributed by atoms with Crippen LogP contribution in [0.4, 0.5) is 0 Å². The number of hydrogen-bond donors (Lipinski definition) is 0. The van der Waals surface area contributed by atoms with Crippen LogP contribution in [0, 0.1) is 0 Å². The van der Waals surface area contributed by atoms with Crippen LogP contribution in [-0.2, 0) is 9.47 Å². The third-order valence-electron chi connectivity index (χ3n) is 1.42. The van der Waals surface area contributed by atoms with Gasteiger partial charge in [0.1, 0.15) is 13.0 Å². The Morgan fingerprint density at radius 1 is 1.42 bits per heavy atom. The highest BCUT2D eigenvalue weighted by atomic mass is 16.5. The van der Waals surface area contributed by atoms with Gasteiger partial charge in [-0.15, -0.1) is 0 Å². The van der Waals surface area contributed by atoms with E-state index in [4.69, 9.17) is 9.47 Å². The zero-order valence-electron chi connectivity index (χ0n) is 6.38. The smallest absolute Gasteiger partial charge is 0.299 e. The molecule has 6 heteroatoms. The molecule has 0 saturated heterocycles. The second-order valence-corrected chi connectivity index (χ2v) is 2.25. The Balaban J connectivity index is 2.03. The van der Waals surface area contributed by atoms with Gasteiger partial charge in [0.2, 0.25) is 0 Å². The second-order valence-electron chi connectivity index (χ2n) is 2.25. The summed E-state index contributed by atoms with van der Waals surface area (Å²) in [5, 5.41) is 0. The number of aliphatic imine (C=N–C) groups is 3. The van der Waals surface area contributed by atoms with Crippen molar-refractivity contribution in [1.29, 1.82) is 0 Å². The Labute approximate surface area is 69.2 Å². The van der Waals surface area contributed by atoms with Crippen LogP contribution in [0.15, 0.2) is 15.0 Å². The quantitative estimate of drug-likeness (QED) is 0.496. The zero-order chi connectivity index (χ0) is 8.23. The molecule has 2 aliphatic heterocycles. The van der Waals surface area contributed by atoms with E-state index < -0.39 is 0 Å². The van der Waals surface area contributed by atoms with Gasteiger partial charge >= 0.3 is 0 Å². The molecule has 0 aromatic carbocycles. The van der Waals surface area contributed by atoms with Gasteiger partial charge in [0, 0.05) is 0 Å². The van der Waals surface area contributed by atoms with E-state index in [0.29, 0.717) is 26.2 Å². The highest BCUT2D eigenvalue weighted by molar-refractivity contribution is 5.83. The molecule has 0 atom stereocenters. The molecule has 0 N–H and O–H groups in total. The lowest BCUT2D eigenvalue weighted by Crippen LogP contribution is -2.38. The topological polar surface area (TPSA) is 58.8 Å². The average molecular weight is 168 g/mol. The van der Waals surface area contributed by atoms with Crippen LogP contribution in [0.5, 0.6) is 0 Å². The lowest BCUT2D eigenvalue weighted by atomic mass is 10.7. The molecule has 0 saturated carbocycles. The van der Waals surface area contributed by atoms with Crippen molar-refractivity contribution in [2.75, 3.05) is 20.1 Å². The fraction of sp³-hybridized carbons (Fsp3) is 0.500. The van der Waals surface area contributed by atoms with Gasteiger partial charge in [0.15, 0.2) is 19.9 Å². The van der Waals surface area contributed by atoms with Gasteiger partial charge in [0.05, 0.1) is 0 Å². The van der Waals surface area contributed by atoms with Crippen molar-refractivity contribution in [3.63, 3.8) is 0 Å². The van der Waals surface area contributed by atoms with Gasteiger partial charge in [-0.25, -0.2) is 9.98 Å². The van der Waals surface area contributed by atoms with Crippen LogP contribution in [0.2, 0.25) is 0 Å². The molecular weight excluding hydrogens is 160 g/mol. The molecule has 2 rings (SSSR count). The first kappa shape index (κ1) is 7.08. The summed E-state index contributed by atoms with van der Waals surface area (Å²) in [7, 11) is 0. The van der Waals surface area contributed by atoms with E-state index >= 15 is 0 Å². The minimum absolute atomic E-state index is 0.318. The van der Waals surface area contributed by atoms with Gasteiger partial charge in [-0.3, -0.25) is 4.90 Å². The maximum absolute atomic E-state index is 5.14. The van der Waals surface area contributed by atoms with E-state index in [1.807, 2.05) is 0 Å². The van der Waals surface area contributed by atoms with Gasteiger partial charge in [-0.2, -0.15) is 4.99 Å². The number of hydrogen-bond acceptors (Lipinski definition) is 6. The van der Waals surface area contributed by atoms with E-state index in [2.05, 4.69) is 15.0 Å². The molecule has 0 fully saturated rings. The molecule has 2 aliphatic rings. The van der Waals surface area contributed by atoms with Gasteiger partial charge in [-0.1, -0.05) is 0 Å². The average Bonchev–Trinajstić information content (AvgIpc) is 2.21. The number of amidine groups is 1. The SMILES string of the molecule is C1=NCOC(N2CN=COC2)=N1. The number of ether oxygens (including phenoxy) is 2. The Hall–Kier alpha value is -1.59. The predicted octanol–water partition coefficient (Wildman–Crippen LogP) is -0.366. The van der Waals surface area contributed by atoms with Crippen LogP contribution < -0.4 is 0 Å². The summed E-state index contributed by atoms with van der Waals surface area (Å²) >= 11 is 0. The largest absolute Gasteiger partial charge is 0.463 e. The molecule has 0 unspecified atom stereocenters. The maximum atomic E-state index is 5.14. The molecule has 12 heavy (non-hydrogen) atoms. The molecule has 0 amide bonds. The Kier molecular flexibility index (Phi) is 1.89. The minimum Gasteiger partial charge on any atom is -0.463 e. The van der Waals surface area contributed by atoms with Gasteiger partial charge in [0.25, 0.3) is 6.02 Å². The molecule has 0 radical (unpaired) electrons. The van der Waals surface area contributed by atoms with Crippen LogP contribution >= 0.6 is 0 Å². The van der Waals surface area contributed by atoms with Crippen LogP contribution in [-0.4, -0.2) is 43.8 Å². The van der Waals surface area contributed by atoms with Crippen molar-refractivity contribution in [1.82, 2.24) is 4.90 Å². The molecule has 64 valence electrons. The van der Waals surface area contributed by atoms with Crippen molar-refractivity contribution in [2.45, 2.75) is 0 Å². The summed E-state index contributed by atoms with van der Waals surface area (Å²) in [6, 6.07) is 0.516. The minimum atomic E-state index is 0.318. The third kappa shape index (κ3) is 1.36. The Morgan fingerprint density at radius 3 is 3.08 bits per heavy atom. The lowest BCUT2D eigenvalue weighted by molar-refractivity contribution is 0.132. The van der Waals surface area contributed by atoms with E-state index in [-0.39, 0.29) is 0 Å². The predicted molar refractivity (Wildman–Crippen MR) is 43.0 cm³/mol. The highest BCUT2D eigenvalue weighted by Crippen LogP contribution is 2.01. The molecule has 6 nitrogen and oxygen atoms in total. The monoisotopic (exact) mass is 168 g/mol. The van der Waals surface area contributed by atoms with E-state index in [0.717, 1.165) is 0 Å². The van der Waals surface area contributed by atoms with E-state index in [1.54, 1.807) is 4.90 Å². The molecular formula is C6H8N4O2. The molecule has 0 aliphatic carbocycles. The van der Waals surface area contributed by atoms with E-state index in [9.17, 15) is 0 Å². The van der Waals surface area contributed by atoms with Crippen molar-refractivity contribution in [2.24, 2.45) is 15.0 Å². The van der Waals surface area contributed by atoms with Crippen LogP contribution in [0.25, 0.3) is 0 Å². The lowest BCUT2D eigenvalue weighted by Gasteiger charge is -2.25.